The van der Waals surface area contributed by atoms with Crippen molar-refractivity contribution in [2.24, 2.45) is 0 Å². The fraction of sp³-hybridized carbons (Fsp3) is 0.333. The number of hydrogen-bond acceptors (Lipinski definition) is 3. The Labute approximate surface area is 112 Å². The van der Waals surface area contributed by atoms with E-state index in [4.69, 9.17) is 5.26 Å². The Hall–Kier alpha value is -2.15. The summed E-state index contributed by atoms with van der Waals surface area (Å²) in [6, 6.07) is 6.77. The lowest BCUT2D eigenvalue weighted by atomic mass is 10.0. The highest BCUT2D eigenvalue weighted by Gasteiger charge is 2.14. The van der Waals surface area contributed by atoms with Crippen LogP contribution in [-0.4, -0.2) is 19.1 Å². The molecule has 1 aromatic heterocycles. The molecule has 0 aliphatic carbocycles. The van der Waals surface area contributed by atoms with Gasteiger partial charge in [-0.1, -0.05) is 0 Å². The largest absolute Gasteiger partial charge is 0.377 e. The molecular formula is C15H16FN3. The van der Waals surface area contributed by atoms with E-state index in [1.807, 2.05) is 25.9 Å². The smallest absolute Gasteiger partial charge is 0.124 e. The molecule has 0 fully saturated rings. The standard InChI is InChI=1S/C15H16FN3/c1-10-12(5-4-8-17)15(19(2)3)13-9-11(16)6-7-14(13)18-10/h6-7,9H,4-5H2,1-3H3. The van der Waals surface area contributed by atoms with E-state index < -0.39 is 0 Å². The van der Waals surface area contributed by atoms with Gasteiger partial charge in [-0.15, -0.1) is 0 Å². The second-order valence-corrected chi connectivity index (χ2v) is 4.74. The first kappa shape index (κ1) is 13.3. The highest BCUT2D eigenvalue weighted by molar-refractivity contribution is 5.93. The highest BCUT2D eigenvalue weighted by Crippen LogP contribution is 2.31. The molecule has 0 radical (unpaired) electrons. The number of anilines is 1. The van der Waals surface area contributed by atoms with Crippen molar-refractivity contribution in [3.05, 3.63) is 35.3 Å². The van der Waals surface area contributed by atoms with Crippen LogP contribution in [0, 0.1) is 24.1 Å². The summed E-state index contributed by atoms with van der Waals surface area (Å²) in [6.45, 7) is 1.93. The monoisotopic (exact) mass is 257 g/mol. The molecule has 19 heavy (non-hydrogen) atoms. The van der Waals surface area contributed by atoms with Crippen molar-refractivity contribution in [1.82, 2.24) is 4.98 Å². The summed E-state index contributed by atoms with van der Waals surface area (Å²) in [6.07, 6.45) is 1.07. The van der Waals surface area contributed by atoms with Crippen molar-refractivity contribution >= 4 is 16.6 Å². The van der Waals surface area contributed by atoms with Crippen LogP contribution in [0.3, 0.4) is 0 Å². The molecule has 3 nitrogen and oxygen atoms in total. The molecule has 0 atom stereocenters. The number of fused-ring (bicyclic) bond motifs is 1. The van der Waals surface area contributed by atoms with Gasteiger partial charge in [0.25, 0.3) is 0 Å². The van der Waals surface area contributed by atoms with Crippen LogP contribution in [0.1, 0.15) is 17.7 Å². The second-order valence-electron chi connectivity index (χ2n) is 4.74. The maximum Gasteiger partial charge on any atom is 0.124 e. The van der Waals surface area contributed by atoms with Gasteiger partial charge in [-0.3, -0.25) is 4.98 Å². The maximum absolute atomic E-state index is 13.5. The molecular weight excluding hydrogens is 241 g/mol. The number of rotatable bonds is 3. The Bertz CT molecular complexity index is 656. The van der Waals surface area contributed by atoms with E-state index >= 15 is 0 Å². The number of nitrogens with zero attached hydrogens (tertiary/aromatic N) is 3. The van der Waals surface area contributed by atoms with Gasteiger partial charge in [0.1, 0.15) is 5.82 Å². The van der Waals surface area contributed by atoms with Crippen LogP contribution in [-0.2, 0) is 6.42 Å². The van der Waals surface area contributed by atoms with Gasteiger partial charge in [0, 0.05) is 31.6 Å². The summed E-state index contributed by atoms with van der Waals surface area (Å²) in [5.41, 5.74) is 3.66. The van der Waals surface area contributed by atoms with Crippen molar-refractivity contribution in [1.29, 1.82) is 5.26 Å². The first-order valence-electron chi connectivity index (χ1n) is 6.17. The quantitative estimate of drug-likeness (QED) is 0.847. The number of aryl methyl sites for hydroxylation is 1. The molecule has 0 aliphatic heterocycles. The normalized spacial score (nSPS) is 10.5. The molecule has 0 aliphatic rings. The summed E-state index contributed by atoms with van der Waals surface area (Å²) in [4.78, 5) is 6.47. The lowest BCUT2D eigenvalue weighted by Gasteiger charge is -2.21. The zero-order chi connectivity index (χ0) is 14.0. The van der Waals surface area contributed by atoms with Crippen LogP contribution in [0.5, 0.6) is 0 Å². The topological polar surface area (TPSA) is 39.9 Å². The van der Waals surface area contributed by atoms with Crippen molar-refractivity contribution in [2.75, 3.05) is 19.0 Å². The average molecular weight is 257 g/mol. The Balaban J connectivity index is 2.76. The molecule has 0 amide bonds. The number of nitriles is 1. The molecule has 0 bridgehead atoms. The van der Waals surface area contributed by atoms with Gasteiger partial charge >= 0.3 is 0 Å². The van der Waals surface area contributed by atoms with Crippen LogP contribution in [0.15, 0.2) is 18.2 Å². The first-order valence-corrected chi connectivity index (χ1v) is 6.17. The minimum Gasteiger partial charge on any atom is -0.377 e. The number of pyridine rings is 1. The van der Waals surface area contributed by atoms with Crippen LogP contribution in [0.4, 0.5) is 10.1 Å². The van der Waals surface area contributed by atoms with Gasteiger partial charge in [-0.2, -0.15) is 5.26 Å². The van der Waals surface area contributed by atoms with Crippen molar-refractivity contribution in [3.8, 4) is 6.07 Å². The van der Waals surface area contributed by atoms with Crippen LogP contribution < -0.4 is 4.90 Å². The third-order valence-electron chi connectivity index (χ3n) is 3.16. The molecule has 0 N–H and O–H groups in total. The summed E-state index contributed by atoms with van der Waals surface area (Å²) in [5, 5.41) is 9.56. The van der Waals surface area contributed by atoms with Crippen molar-refractivity contribution in [3.63, 3.8) is 0 Å². The average Bonchev–Trinajstić information content (AvgIpc) is 2.36. The predicted octanol–water partition coefficient (Wildman–Crippen LogP) is 3.20. The third kappa shape index (κ3) is 2.50. The Kier molecular flexibility index (Phi) is 3.66. The lowest BCUT2D eigenvalue weighted by molar-refractivity contribution is 0.629. The van der Waals surface area contributed by atoms with Crippen molar-refractivity contribution in [2.45, 2.75) is 19.8 Å². The fourth-order valence-electron chi connectivity index (χ4n) is 2.37. The van der Waals surface area contributed by atoms with E-state index in [0.29, 0.717) is 12.8 Å². The molecule has 2 rings (SSSR count). The van der Waals surface area contributed by atoms with Crippen LogP contribution in [0.2, 0.25) is 0 Å². The molecule has 0 unspecified atom stereocenters. The van der Waals surface area contributed by atoms with Crippen LogP contribution >= 0.6 is 0 Å². The Morgan fingerprint density at radius 3 is 2.74 bits per heavy atom. The summed E-state index contributed by atoms with van der Waals surface area (Å²) >= 11 is 0. The van der Waals surface area contributed by atoms with Gasteiger partial charge in [0.15, 0.2) is 0 Å². The minimum absolute atomic E-state index is 0.271. The second kappa shape index (κ2) is 5.23. The first-order chi connectivity index (χ1) is 9.04. The number of aromatic nitrogens is 1. The summed E-state index contributed by atoms with van der Waals surface area (Å²) < 4.78 is 13.5. The molecule has 4 heteroatoms. The summed E-state index contributed by atoms with van der Waals surface area (Å²) in [5.74, 6) is -0.271. The van der Waals surface area contributed by atoms with E-state index in [1.165, 1.54) is 12.1 Å². The summed E-state index contributed by atoms with van der Waals surface area (Å²) in [7, 11) is 3.85. The van der Waals surface area contributed by atoms with E-state index in [-0.39, 0.29) is 5.82 Å². The molecule has 2 aromatic rings. The Morgan fingerprint density at radius 1 is 1.37 bits per heavy atom. The van der Waals surface area contributed by atoms with Crippen LogP contribution in [0.25, 0.3) is 10.9 Å². The molecule has 1 heterocycles. The van der Waals surface area contributed by atoms with Gasteiger partial charge in [-0.25, -0.2) is 4.39 Å². The molecule has 0 saturated carbocycles. The van der Waals surface area contributed by atoms with Gasteiger partial charge in [0.05, 0.1) is 17.3 Å². The SMILES string of the molecule is Cc1nc2ccc(F)cc2c(N(C)C)c1CCC#N. The molecule has 0 saturated heterocycles. The van der Waals surface area contributed by atoms with Gasteiger partial charge in [-0.05, 0) is 37.1 Å². The Morgan fingerprint density at radius 2 is 2.11 bits per heavy atom. The molecule has 1 aromatic carbocycles. The van der Waals surface area contributed by atoms with Gasteiger partial charge < -0.3 is 4.90 Å². The number of halogens is 1. The van der Waals surface area contributed by atoms with E-state index in [0.717, 1.165) is 27.8 Å². The fourth-order valence-corrected chi connectivity index (χ4v) is 2.37. The molecule has 0 spiro atoms. The minimum atomic E-state index is -0.271. The van der Waals surface area contributed by atoms with E-state index in [1.54, 1.807) is 6.07 Å². The van der Waals surface area contributed by atoms with E-state index in [9.17, 15) is 4.39 Å². The lowest BCUT2D eigenvalue weighted by Crippen LogP contribution is -2.14. The zero-order valence-corrected chi connectivity index (χ0v) is 11.4. The number of hydrogen-bond donors (Lipinski definition) is 0. The zero-order valence-electron chi connectivity index (χ0n) is 11.4. The highest BCUT2D eigenvalue weighted by atomic mass is 19.1. The number of benzene rings is 1. The predicted molar refractivity (Wildman–Crippen MR) is 74.7 cm³/mol. The van der Waals surface area contributed by atoms with E-state index in [2.05, 4.69) is 11.1 Å². The molecule has 98 valence electrons. The van der Waals surface area contributed by atoms with Gasteiger partial charge in [0.2, 0.25) is 0 Å². The van der Waals surface area contributed by atoms with Crippen molar-refractivity contribution < 1.29 is 4.39 Å². The third-order valence-corrected chi connectivity index (χ3v) is 3.16. The maximum atomic E-state index is 13.5.